The van der Waals surface area contributed by atoms with Crippen molar-refractivity contribution < 1.29 is 9.59 Å². The Balaban J connectivity index is 1.77. The van der Waals surface area contributed by atoms with Gasteiger partial charge in [-0.2, -0.15) is 9.78 Å². The Morgan fingerprint density at radius 2 is 1.71 bits per heavy atom. The summed E-state index contributed by atoms with van der Waals surface area (Å²) in [5.74, 6) is 1.07. The Bertz CT molecular complexity index is 944. The van der Waals surface area contributed by atoms with Gasteiger partial charge in [-0.1, -0.05) is 53.1 Å². The number of anilines is 1. The van der Waals surface area contributed by atoms with E-state index < -0.39 is 5.41 Å². The third-order valence-electron chi connectivity index (χ3n) is 5.48. The van der Waals surface area contributed by atoms with Crippen LogP contribution < -0.4 is 5.32 Å². The lowest BCUT2D eigenvalue weighted by atomic mass is 9.90. The third kappa shape index (κ3) is 5.69. The van der Waals surface area contributed by atoms with E-state index in [2.05, 4.69) is 5.32 Å². The normalized spacial score (nSPS) is 15.9. The van der Waals surface area contributed by atoms with E-state index in [9.17, 15) is 9.59 Å². The molecule has 0 bridgehead atoms. The number of piperidine rings is 1. The molecule has 6 nitrogen and oxygen atoms in total. The fourth-order valence-electron chi connectivity index (χ4n) is 3.67. The number of carbonyl (C=O) groups excluding carboxylic acids is 2. The van der Waals surface area contributed by atoms with E-state index in [-0.39, 0.29) is 23.1 Å². The van der Waals surface area contributed by atoms with Crippen LogP contribution in [-0.2, 0) is 11.3 Å². The number of aromatic nitrogens is 2. The molecular weight excluding hydrogens is 432 g/mol. The fourth-order valence-corrected chi connectivity index (χ4v) is 4.70. The smallest absolute Gasteiger partial charge is 0.254 e. The summed E-state index contributed by atoms with van der Waals surface area (Å²) in [5, 5.41) is 8.08. The standard InChI is InChI=1S/C23H33ClN4O2S/c1-22(2,3)20(29)27-11-9-15(10-12-27)17-13-19(25-14-16-7-8-18(24)31-16)28(26-17)21(30)23(4,5)6/h7-8,13,15,25H,9-12,14H2,1-6H3. The molecule has 0 aliphatic carbocycles. The highest BCUT2D eigenvalue weighted by Crippen LogP contribution is 2.32. The number of hydrogen-bond acceptors (Lipinski definition) is 5. The van der Waals surface area contributed by atoms with Crippen molar-refractivity contribution in [3.63, 3.8) is 0 Å². The maximum Gasteiger partial charge on any atom is 0.254 e. The Morgan fingerprint density at radius 1 is 1.10 bits per heavy atom. The molecule has 170 valence electrons. The van der Waals surface area contributed by atoms with Crippen LogP contribution in [0.2, 0.25) is 4.34 Å². The van der Waals surface area contributed by atoms with Gasteiger partial charge in [0.15, 0.2) is 0 Å². The van der Waals surface area contributed by atoms with Crippen LogP contribution in [0.5, 0.6) is 0 Å². The van der Waals surface area contributed by atoms with Gasteiger partial charge in [-0.3, -0.25) is 9.59 Å². The summed E-state index contributed by atoms with van der Waals surface area (Å²) in [4.78, 5) is 28.7. The zero-order valence-corrected chi connectivity index (χ0v) is 20.9. The van der Waals surface area contributed by atoms with Gasteiger partial charge in [0, 0.05) is 40.8 Å². The summed E-state index contributed by atoms with van der Waals surface area (Å²) in [6, 6.07) is 5.85. The zero-order chi connectivity index (χ0) is 23.0. The van der Waals surface area contributed by atoms with Crippen molar-refractivity contribution in [3.05, 3.63) is 33.1 Å². The molecule has 1 fully saturated rings. The topological polar surface area (TPSA) is 67.2 Å². The molecule has 3 heterocycles. The quantitative estimate of drug-likeness (QED) is 0.634. The molecule has 1 aliphatic rings. The maximum atomic E-state index is 13.0. The monoisotopic (exact) mass is 464 g/mol. The van der Waals surface area contributed by atoms with E-state index in [1.807, 2.05) is 64.6 Å². The van der Waals surface area contributed by atoms with Crippen molar-refractivity contribution in [3.8, 4) is 0 Å². The molecule has 0 unspecified atom stereocenters. The van der Waals surface area contributed by atoms with E-state index >= 15 is 0 Å². The van der Waals surface area contributed by atoms with Crippen molar-refractivity contribution >= 4 is 40.6 Å². The van der Waals surface area contributed by atoms with Crippen LogP contribution in [0.4, 0.5) is 5.82 Å². The van der Waals surface area contributed by atoms with Crippen LogP contribution in [0.25, 0.3) is 0 Å². The largest absolute Gasteiger partial charge is 0.365 e. The molecule has 1 amide bonds. The molecule has 1 aliphatic heterocycles. The van der Waals surface area contributed by atoms with Gasteiger partial charge in [0.25, 0.3) is 5.91 Å². The van der Waals surface area contributed by atoms with Crippen molar-refractivity contribution in [2.45, 2.75) is 66.8 Å². The van der Waals surface area contributed by atoms with Gasteiger partial charge < -0.3 is 10.2 Å². The molecule has 0 aromatic carbocycles. The highest BCUT2D eigenvalue weighted by atomic mass is 35.5. The highest BCUT2D eigenvalue weighted by Gasteiger charge is 2.33. The molecule has 0 atom stereocenters. The van der Waals surface area contributed by atoms with Gasteiger partial charge in [-0.15, -0.1) is 11.3 Å². The van der Waals surface area contributed by atoms with Crippen LogP contribution >= 0.6 is 22.9 Å². The average molecular weight is 465 g/mol. The molecule has 0 spiro atoms. The predicted molar refractivity (Wildman–Crippen MR) is 127 cm³/mol. The minimum absolute atomic E-state index is 0.0502. The third-order valence-corrected chi connectivity index (χ3v) is 6.71. The molecule has 1 N–H and O–H groups in total. The van der Waals surface area contributed by atoms with Gasteiger partial charge in [-0.05, 0) is 25.0 Å². The van der Waals surface area contributed by atoms with Gasteiger partial charge in [0.1, 0.15) is 5.82 Å². The summed E-state index contributed by atoms with van der Waals surface area (Å²) >= 11 is 7.56. The second-order valence-electron chi connectivity index (χ2n) is 10.3. The summed E-state index contributed by atoms with van der Waals surface area (Å²) < 4.78 is 2.25. The first-order valence-electron chi connectivity index (χ1n) is 10.8. The van der Waals surface area contributed by atoms with Crippen LogP contribution in [0.3, 0.4) is 0 Å². The lowest BCUT2D eigenvalue weighted by Crippen LogP contribution is -2.43. The van der Waals surface area contributed by atoms with Crippen molar-refractivity contribution in [1.29, 1.82) is 0 Å². The Morgan fingerprint density at radius 3 is 2.23 bits per heavy atom. The van der Waals surface area contributed by atoms with Crippen LogP contribution in [-0.4, -0.2) is 39.6 Å². The Hall–Kier alpha value is -1.86. The van der Waals surface area contributed by atoms with E-state index in [1.54, 1.807) is 0 Å². The summed E-state index contributed by atoms with van der Waals surface area (Å²) in [5.41, 5.74) is -0.00351. The lowest BCUT2D eigenvalue weighted by Gasteiger charge is -2.35. The van der Waals surface area contributed by atoms with E-state index in [1.165, 1.54) is 16.0 Å². The first-order chi connectivity index (χ1) is 14.4. The minimum Gasteiger partial charge on any atom is -0.365 e. The molecule has 8 heteroatoms. The van der Waals surface area contributed by atoms with E-state index in [0.717, 1.165) is 40.8 Å². The first kappa shape index (κ1) is 23.8. The number of rotatable bonds is 4. The molecule has 0 radical (unpaired) electrons. The number of likely N-dealkylation sites (tertiary alicyclic amines) is 1. The molecule has 0 saturated carbocycles. The van der Waals surface area contributed by atoms with Gasteiger partial charge in [-0.25, -0.2) is 0 Å². The molecule has 2 aromatic rings. The molecule has 2 aromatic heterocycles. The molecule has 1 saturated heterocycles. The number of hydrogen-bond donors (Lipinski definition) is 1. The highest BCUT2D eigenvalue weighted by molar-refractivity contribution is 7.16. The maximum absolute atomic E-state index is 13.0. The summed E-state index contributed by atoms with van der Waals surface area (Å²) in [6.45, 7) is 13.6. The first-order valence-corrected chi connectivity index (χ1v) is 12.0. The average Bonchev–Trinajstić information content (AvgIpc) is 3.30. The number of nitrogens with zero attached hydrogens (tertiary/aromatic N) is 3. The van der Waals surface area contributed by atoms with Crippen LogP contribution in [0.1, 0.15) is 75.7 Å². The lowest BCUT2D eigenvalue weighted by molar-refractivity contribution is -0.140. The number of nitrogens with one attached hydrogen (secondary N) is 1. The number of thiophene rings is 1. The second kappa shape index (κ2) is 8.94. The summed E-state index contributed by atoms with van der Waals surface area (Å²) in [6.07, 6.45) is 1.70. The van der Waals surface area contributed by atoms with Gasteiger partial charge >= 0.3 is 0 Å². The number of carbonyl (C=O) groups is 2. The Kier molecular flexibility index (Phi) is 6.87. The second-order valence-corrected chi connectivity index (χ2v) is 12.1. The molecule has 3 rings (SSSR count). The summed E-state index contributed by atoms with van der Waals surface area (Å²) in [7, 11) is 0. The van der Waals surface area contributed by atoms with Gasteiger partial charge in [0.2, 0.25) is 5.91 Å². The van der Waals surface area contributed by atoms with Crippen molar-refractivity contribution in [1.82, 2.24) is 14.7 Å². The van der Waals surface area contributed by atoms with Gasteiger partial charge in [0.05, 0.1) is 16.6 Å². The van der Waals surface area contributed by atoms with Crippen molar-refractivity contribution in [2.75, 3.05) is 18.4 Å². The SMILES string of the molecule is CC(C)(C)C(=O)N1CCC(c2cc(NCc3ccc(Cl)s3)n(C(=O)C(C)(C)C)n2)CC1. The number of amides is 1. The minimum atomic E-state index is -0.547. The molecule has 31 heavy (non-hydrogen) atoms. The number of halogens is 1. The van der Waals surface area contributed by atoms with Crippen LogP contribution in [0.15, 0.2) is 18.2 Å². The predicted octanol–water partition coefficient (Wildman–Crippen LogP) is 5.65. The van der Waals surface area contributed by atoms with Crippen molar-refractivity contribution in [2.24, 2.45) is 10.8 Å². The van der Waals surface area contributed by atoms with E-state index in [4.69, 9.17) is 16.7 Å². The zero-order valence-electron chi connectivity index (χ0n) is 19.3. The molecular formula is C23H33ClN4O2S. The van der Waals surface area contributed by atoms with Crippen LogP contribution in [0, 0.1) is 10.8 Å². The Labute approximate surface area is 194 Å². The van der Waals surface area contributed by atoms with E-state index in [0.29, 0.717) is 12.4 Å². The fraction of sp³-hybridized carbons (Fsp3) is 0.609.